The van der Waals surface area contributed by atoms with Crippen molar-refractivity contribution in [3.8, 4) is 16.4 Å². The summed E-state index contributed by atoms with van der Waals surface area (Å²) in [4.78, 5) is 16.5. The van der Waals surface area contributed by atoms with Crippen LogP contribution < -0.4 is 0 Å². The Morgan fingerprint density at radius 3 is 2.89 bits per heavy atom. The number of thiophene rings is 1. The first-order chi connectivity index (χ1) is 13.0. The van der Waals surface area contributed by atoms with Crippen LogP contribution in [0.4, 0.5) is 0 Å². The fraction of sp³-hybridized carbons (Fsp3) is 0.211. The molecular formula is C19H18N4O2S2. The van der Waals surface area contributed by atoms with E-state index in [0.29, 0.717) is 11.5 Å². The van der Waals surface area contributed by atoms with Crippen molar-refractivity contribution in [3.05, 3.63) is 52.3 Å². The number of hydrogen-bond donors (Lipinski definition) is 1. The maximum atomic E-state index is 11.7. The van der Waals surface area contributed by atoms with Crippen LogP contribution in [-0.2, 0) is 11.2 Å². The Morgan fingerprint density at radius 2 is 2.19 bits per heavy atom. The summed E-state index contributed by atoms with van der Waals surface area (Å²) in [6, 6.07) is 10.2. The highest BCUT2D eigenvalue weighted by molar-refractivity contribution is 7.20. The molecule has 138 valence electrons. The number of para-hydroxylation sites is 1. The predicted octanol–water partition coefficient (Wildman–Crippen LogP) is 4.30. The Kier molecular flexibility index (Phi) is 4.77. The molecule has 1 aromatic carbocycles. The zero-order chi connectivity index (χ0) is 19.0. The van der Waals surface area contributed by atoms with Gasteiger partial charge in [0.25, 0.3) is 0 Å². The molecule has 0 saturated heterocycles. The van der Waals surface area contributed by atoms with Crippen molar-refractivity contribution in [3.63, 3.8) is 0 Å². The maximum absolute atomic E-state index is 11.7. The molecule has 0 saturated carbocycles. The topological polar surface area (TPSA) is 71.2 Å². The van der Waals surface area contributed by atoms with Crippen molar-refractivity contribution in [2.45, 2.75) is 19.8 Å². The minimum Gasteiger partial charge on any atom is -0.286 e. The second-order valence-corrected chi connectivity index (χ2v) is 8.07. The fourth-order valence-corrected chi connectivity index (χ4v) is 4.53. The number of rotatable bonds is 5. The normalized spacial score (nSPS) is 11.2. The Bertz CT molecular complexity index is 1100. The highest BCUT2D eigenvalue weighted by Gasteiger charge is 2.17. The number of aryl methyl sites for hydroxylation is 2. The standard InChI is InChI=1S/C19H18N4O2S2/c1-12-4-3-5-16-18(12)20-19(27-16)23-15(13-8-9-26-11-13)10-14(21-23)6-7-17(24)22(2)25/h3-5,8-11,25H,6-7H2,1-2H3. The van der Waals surface area contributed by atoms with Crippen LogP contribution in [0, 0.1) is 6.92 Å². The van der Waals surface area contributed by atoms with Crippen molar-refractivity contribution < 1.29 is 10.0 Å². The lowest BCUT2D eigenvalue weighted by atomic mass is 10.2. The van der Waals surface area contributed by atoms with Crippen molar-refractivity contribution >= 4 is 38.8 Å². The lowest BCUT2D eigenvalue weighted by molar-refractivity contribution is -0.159. The SMILES string of the molecule is Cc1cccc2sc(-n3nc(CCC(=O)N(C)O)cc3-c3ccsc3)nc12. The second-order valence-electron chi connectivity index (χ2n) is 6.28. The molecule has 3 aromatic heterocycles. The molecule has 0 radical (unpaired) electrons. The van der Waals surface area contributed by atoms with Crippen molar-refractivity contribution in [2.24, 2.45) is 0 Å². The number of hydroxylamine groups is 2. The molecule has 1 amide bonds. The average Bonchev–Trinajstić information content (AvgIpc) is 3.37. The number of hydrogen-bond acceptors (Lipinski definition) is 6. The highest BCUT2D eigenvalue weighted by Crippen LogP contribution is 2.31. The van der Waals surface area contributed by atoms with Crippen LogP contribution in [-0.4, -0.2) is 38.0 Å². The molecule has 1 N–H and O–H groups in total. The third-order valence-electron chi connectivity index (χ3n) is 4.32. The number of fused-ring (bicyclic) bond motifs is 1. The van der Waals surface area contributed by atoms with Gasteiger partial charge < -0.3 is 0 Å². The van der Waals surface area contributed by atoms with Gasteiger partial charge in [-0.2, -0.15) is 16.4 Å². The van der Waals surface area contributed by atoms with Crippen LogP contribution in [0.5, 0.6) is 0 Å². The number of nitrogens with zero attached hydrogens (tertiary/aromatic N) is 4. The maximum Gasteiger partial charge on any atom is 0.246 e. The Balaban J connectivity index is 1.75. The number of thiazole rings is 1. The quantitative estimate of drug-likeness (QED) is 0.402. The number of aromatic nitrogens is 3. The molecule has 0 atom stereocenters. The molecule has 3 heterocycles. The van der Waals surface area contributed by atoms with Crippen molar-refractivity contribution in [2.75, 3.05) is 7.05 Å². The van der Waals surface area contributed by atoms with Gasteiger partial charge in [-0.05, 0) is 36.1 Å². The number of benzene rings is 1. The first kappa shape index (κ1) is 17.8. The summed E-state index contributed by atoms with van der Waals surface area (Å²) >= 11 is 3.22. The minimum absolute atomic E-state index is 0.200. The molecule has 0 aliphatic carbocycles. The van der Waals surface area contributed by atoms with Gasteiger partial charge in [0.05, 0.1) is 21.6 Å². The third-order valence-corrected chi connectivity index (χ3v) is 6.00. The number of carbonyl (C=O) groups excluding carboxylic acids is 1. The molecule has 0 bridgehead atoms. The zero-order valence-corrected chi connectivity index (χ0v) is 16.5. The summed E-state index contributed by atoms with van der Waals surface area (Å²) in [5.41, 5.74) is 4.94. The van der Waals surface area contributed by atoms with E-state index < -0.39 is 0 Å². The molecule has 0 aliphatic heterocycles. The van der Waals surface area contributed by atoms with Crippen LogP contribution in [0.1, 0.15) is 17.7 Å². The summed E-state index contributed by atoms with van der Waals surface area (Å²) in [5.74, 6) is -0.336. The minimum atomic E-state index is -0.336. The molecule has 0 unspecified atom stereocenters. The molecule has 4 aromatic rings. The molecule has 0 spiro atoms. The fourth-order valence-electron chi connectivity index (χ4n) is 2.88. The van der Waals surface area contributed by atoms with E-state index >= 15 is 0 Å². The summed E-state index contributed by atoms with van der Waals surface area (Å²) in [6.45, 7) is 2.05. The lowest BCUT2D eigenvalue weighted by Gasteiger charge is -2.06. The molecular weight excluding hydrogens is 380 g/mol. The van der Waals surface area contributed by atoms with Gasteiger partial charge in [-0.3, -0.25) is 10.0 Å². The lowest BCUT2D eigenvalue weighted by Crippen LogP contribution is -2.22. The summed E-state index contributed by atoms with van der Waals surface area (Å²) in [7, 11) is 1.33. The highest BCUT2D eigenvalue weighted by atomic mass is 32.1. The van der Waals surface area contributed by atoms with Gasteiger partial charge in [0, 0.05) is 30.8 Å². The summed E-state index contributed by atoms with van der Waals surface area (Å²) in [5, 5.41) is 19.5. The van der Waals surface area contributed by atoms with Crippen LogP contribution in [0.15, 0.2) is 41.1 Å². The van der Waals surface area contributed by atoms with Gasteiger partial charge in [0.1, 0.15) is 0 Å². The number of amides is 1. The van der Waals surface area contributed by atoms with Gasteiger partial charge in [0.15, 0.2) is 0 Å². The van der Waals surface area contributed by atoms with Crippen molar-refractivity contribution in [1.29, 1.82) is 0 Å². The first-order valence-electron chi connectivity index (χ1n) is 8.46. The van der Waals surface area contributed by atoms with E-state index in [-0.39, 0.29) is 12.3 Å². The zero-order valence-electron chi connectivity index (χ0n) is 14.9. The molecule has 0 fully saturated rings. The monoisotopic (exact) mass is 398 g/mol. The van der Waals surface area contributed by atoms with Crippen molar-refractivity contribution in [1.82, 2.24) is 19.8 Å². The molecule has 27 heavy (non-hydrogen) atoms. The van der Waals surface area contributed by atoms with Gasteiger partial charge in [-0.1, -0.05) is 23.5 Å². The van der Waals surface area contributed by atoms with Gasteiger partial charge >= 0.3 is 0 Å². The predicted molar refractivity (Wildman–Crippen MR) is 108 cm³/mol. The molecule has 8 heteroatoms. The van der Waals surface area contributed by atoms with Crippen LogP contribution in [0.3, 0.4) is 0 Å². The summed E-state index contributed by atoms with van der Waals surface area (Å²) in [6.07, 6.45) is 0.657. The largest absolute Gasteiger partial charge is 0.286 e. The Labute approximate surface area is 164 Å². The Hall–Kier alpha value is -2.55. The van der Waals surface area contributed by atoms with E-state index in [1.54, 1.807) is 22.7 Å². The smallest absolute Gasteiger partial charge is 0.246 e. The van der Waals surface area contributed by atoms with E-state index in [0.717, 1.165) is 37.9 Å². The van der Waals surface area contributed by atoms with E-state index in [9.17, 15) is 10.0 Å². The van der Waals surface area contributed by atoms with Gasteiger partial charge in [-0.25, -0.2) is 14.7 Å². The Morgan fingerprint density at radius 1 is 1.33 bits per heavy atom. The van der Waals surface area contributed by atoms with Crippen LogP contribution in [0.25, 0.3) is 26.6 Å². The van der Waals surface area contributed by atoms with Crippen LogP contribution >= 0.6 is 22.7 Å². The molecule has 0 aliphatic rings. The van der Waals surface area contributed by atoms with E-state index in [4.69, 9.17) is 10.1 Å². The summed E-state index contributed by atoms with van der Waals surface area (Å²) < 4.78 is 2.98. The van der Waals surface area contributed by atoms with E-state index in [1.807, 2.05) is 28.3 Å². The number of carbonyl (C=O) groups is 1. The molecule has 4 rings (SSSR count). The van der Waals surface area contributed by atoms with E-state index in [2.05, 4.69) is 24.4 Å². The second kappa shape index (κ2) is 7.22. The third kappa shape index (κ3) is 3.51. The molecule has 6 nitrogen and oxygen atoms in total. The average molecular weight is 399 g/mol. The van der Waals surface area contributed by atoms with E-state index in [1.165, 1.54) is 7.05 Å². The van der Waals surface area contributed by atoms with Gasteiger partial charge in [-0.15, -0.1) is 0 Å². The van der Waals surface area contributed by atoms with Gasteiger partial charge in [0.2, 0.25) is 11.0 Å². The first-order valence-corrected chi connectivity index (χ1v) is 10.2. The van der Waals surface area contributed by atoms with Crippen LogP contribution in [0.2, 0.25) is 0 Å².